The monoisotopic (exact) mass is 323 g/mol. The van der Waals surface area contributed by atoms with E-state index in [1.54, 1.807) is 13.2 Å². The number of halogens is 1. The third-order valence-electron chi connectivity index (χ3n) is 2.31. The third-order valence-corrected chi connectivity index (χ3v) is 2.84. The minimum Gasteiger partial charge on any atom is -0.377 e. The van der Waals surface area contributed by atoms with E-state index in [0.717, 1.165) is 10.2 Å². The minimum absolute atomic E-state index is 0.324. The van der Waals surface area contributed by atoms with Gasteiger partial charge in [0, 0.05) is 23.3 Å². The first-order valence-electron chi connectivity index (χ1n) is 5.57. The zero-order chi connectivity index (χ0) is 13.7. The van der Waals surface area contributed by atoms with E-state index in [0.29, 0.717) is 24.1 Å². The van der Waals surface area contributed by atoms with Crippen LogP contribution in [0, 0.1) is 0 Å². The first-order valence-corrected chi connectivity index (χ1v) is 6.36. The summed E-state index contributed by atoms with van der Waals surface area (Å²) in [5.41, 5.74) is 3.43. The van der Waals surface area contributed by atoms with Gasteiger partial charge >= 0.3 is 0 Å². The number of nitrogens with zero attached hydrogens (tertiary/aromatic N) is 2. The van der Waals surface area contributed by atoms with Gasteiger partial charge in [-0.05, 0) is 24.3 Å². The van der Waals surface area contributed by atoms with Crippen LogP contribution < -0.4 is 16.6 Å². The maximum atomic E-state index is 5.38. The molecule has 0 atom stereocenters. The van der Waals surface area contributed by atoms with E-state index in [1.165, 1.54) is 0 Å². The number of hydrazine groups is 1. The van der Waals surface area contributed by atoms with Gasteiger partial charge in [0.15, 0.2) is 5.82 Å². The number of benzene rings is 1. The van der Waals surface area contributed by atoms with Crippen LogP contribution in [-0.2, 0) is 11.3 Å². The topological polar surface area (TPSA) is 85.1 Å². The summed E-state index contributed by atoms with van der Waals surface area (Å²) in [5, 5.41) is 3.18. The SMILES string of the molecule is COCc1nc(NN)cc(Nc2ccc(Br)cc2)n1. The van der Waals surface area contributed by atoms with Gasteiger partial charge in [-0.1, -0.05) is 15.9 Å². The maximum absolute atomic E-state index is 5.38. The molecule has 19 heavy (non-hydrogen) atoms. The Kier molecular flexibility index (Phi) is 4.67. The molecule has 0 aliphatic rings. The average molecular weight is 324 g/mol. The van der Waals surface area contributed by atoms with Gasteiger partial charge in [-0.3, -0.25) is 0 Å². The number of ether oxygens (including phenoxy) is 1. The number of hydrogen-bond acceptors (Lipinski definition) is 6. The first-order chi connectivity index (χ1) is 9.21. The van der Waals surface area contributed by atoms with Gasteiger partial charge in [-0.25, -0.2) is 15.8 Å². The van der Waals surface area contributed by atoms with E-state index in [2.05, 4.69) is 36.6 Å². The van der Waals surface area contributed by atoms with Gasteiger partial charge in [-0.2, -0.15) is 0 Å². The molecule has 4 N–H and O–H groups in total. The lowest BCUT2D eigenvalue weighted by atomic mass is 10.3. The molecule has 0 amide bonds. The Hall–Kier alpha value is -1.70. The summed E-state index contributed by atoms with van der Waals surface area (Å²) in [6, 6.07) is 9.50. The third kappa shape index (κ3) is 3.88. The average Bonchev–Trinajstić information content (AvgIpc) is 2.41. The molecule has 0 aliphatic carbocycles. The number of aromatic nitrogens is 2. The summed E-state index contributed by atoms with van der Waals surface area (Å²) < 4.78 is 6.04. The molecule has 2 rings (SSSR count). The normalized spacial score (nSPS) is 10.3. The fourth-order valence-corrected chi connectivity index (χ4v) is 1.77. The Balaban J connectivity index is 2.23. The standard InChI is InChI=1S/C12H14BrN5O/c1-19-7-12-16-10(6-11(17-12)18-14)15-9-4-2-8(13)3-5-9/h2-6H,7,14H2,1H3,(H2,15,16,17,18). The highest BCUT2D eigenvalue weighted by molar-refractivity contribution is 9.10. The van der Waals surface area contributed by atoms with Gasteiger partial charge in [0.2, 0.25) is 0 Å². The molecular formula is C12H14BrN5O. The zero-order valence-electron chi connectivity index (χ0n) is 10.4. The Labute approximate surface area is 119 Å². The molecular weight excluding hydrogens is 310 g/mol. The number of hydrogen-bond donors (Lipinski definition) is 3. The van der Waals surface area contributed by atoms with Crippen molar-refractivity contribution in [1.29, 1.82) is 0 Å². The Morgan fingerprint density at radius 3 is 2.53 bits per heavy atom. The van der Waals surface area contributed by atoms with Gasteiger partial charge in [0.1, 0.15) is 18.2 Å². The minimum atomic E-state index is 0.324. The number of nitrogens with two attached hydrogens (primary N) is 1. The smallest absolute Gasteiger partial charge is 0.158 e. The highest BCUT2D eigenvalue weighted by atomic mass is 79.9. The van der Waals surface area contributed by atoms with Crippen molar-refractivity contribution in [2.45, 2.75) is 6.61 Å². The van der Waals surface area contributed by atoms with Crippen LogP contribution in [0.5, 0.6) is 0 Å². The number of nitrogen functional groups attached to an aromatic ring is 1. The molecule has 0 saturated heterocycles. The summed E-state index contributed by atoms with van der Waals surface area (Å²) >= 11 is 3.39. The molecule has 6 nitrogen and oxygen atoms in total. The van der Waals surface area contributed by atoms with E-state index >= 15 is 0 Å². The number of nitrogens with one attached hydrogen (secondary N) is 2. The van der Waals surface area contributed by atoms with Gasteiger partial charge in [0.05, 0.1) is 0 Å². The van der Waals surface area contributed by atoms with Crippen LogP contribution in [0.2, 0.25) is 0 Å². The molecule has 1 aromatic carbocycles. The van der Waals surface area contributed by atoms with Gasteiger partial charge in [-0.15, -0.1) is 0 Å². The van der Waals surface area contributed by atoms with E-state index in [9.17, 15) is 0 Å². The molecule has 0 fully saturated rings. The second-order valence-electron chi connectivity index (χ2n) is 3.76. The van der Waals surface area contributed by atoms with Gasteiger partial charge < -0.3 is 15.5 Å². The van der Waals surface area contributed by atoms with Crippen LogP contribution in [0.1, 0.15) is 5.82 Å². The Morgan fingerprint density at radius 1 is 1.21 bits per heavy atom. The zero-order valence-corrected chi connectivity index (χ0v) is 11.9. The van der Waals surface area contributed by atoms with Crippen LogP contribution in [0.15, 0.2) is 34.8 Å². The Morgan fingerprint density at radius 2 is 1.89 bits per heavy atom. The quantitative estimate of drug-likeness (QED) is 0.578. The predicted molar refractivity (Wildman–Crippen MR) is 78.0 cm³/mol. The van der Waals surface area contributed by atoms with Crippen molar-refractivity contribution in [3.05, 3.63) is 40.6 Å². The molecule has 0 unspecified atom stereocenters. The number of rotatable bonds is 5. The molecule has 0 aliphatic heterocycles. The van der Waals surface area contributed by atoms with Crippen LogP contribution >= 0.6 is 15.9 Å². The molecule has 1 heterocycles. The van der Waals surface area contributed by atoms with Crippen LogP contribution in [0.4, 0.5) is 17.3 Å². The van der Waals surface area contributed by atoms with Crippen molar-refractivity contribution in [3.8, 4) is 0 Å². The van der Waals surface area contributed by atoms with Crippen LogP contribution in [0.25, 0.3) is 0 Å². The van der Waals surface area contributed by atoms with Crippen molar-refractivity contribution in [2.75, 3.05) is 17.9 Å². The second kappa shape index (κ2) is 6.46. The second-order valence-corrected chi connectivity index (χ2v) is 4.68. The van der Waals surface area contributed by atoms with E-state index < -0.39 is 0 Å². The molecule has 0 bridgehead atoms. The highest BCUT2D eigenvalue weighted by Gasteiger charge is 2.04. The maximum Gasteiger partial charge on any atom is 0.158 e. The molecule has 2 aromatic rings. The molecule has 1 aromatic heterocycles. The number of methoxy groups -OCH3 is 1. The summed E-state index contributed by atoms with van der Waals surface area (Å²) in [6.07, 6.45) is 0. The summed E-state index contributed by atoms with van der Waals surface area (Å²) in [6.45, 7) is 0.324. The molecule has 0 spiro atoms. The Bertz CT molecular complexity index is 546. The van der Waals surface area contributed by atoms with Crippen LogP contribution in [-0.4, -0.2) is 17.1 Å². The van der Waals surface area contributed by atoms with Crippen molar-refractivity contribution in [2.24, 2.45) is 5.84 Å². The molecule has 100 valence electrons. The molecule has 0 radical (unpaired) electrons. The van der Waals surface area contributed by atoms with E-state index in [-0.39, 0.29) is 0 Å². The largest absolute Gasteiger partial charge is 0.377 e. The number of anilines is 3. The van der Waals surface area contributed by atoms with Crippen molar-refractivity contribution in [1.82, 2.24) is 9.97 Å². The van der Waals surface area contributed by atoms with Crippen molar-refractivity contribution < 1.29 is 4.74 Å². The highest BCUT2D eigenvalue weighted by Crippen LogP contribution is 2.19. The first kappa shape index (κ1) is 13.7. The van der Waals surface area contributed by atoms with E-state index in [1.807, 2.05) is 24.3 Å². The fourth-order valence-electron chi connectivity index (χ4n) is 1.51. The summed E-state index contributed by atoms with van der Waals surface area (Å²) in [7, 11) is 1.59. The summed E-state index contributed by atoms with van der Waals surface area (Å²) in [4.78, 5) is 8.51. The molecule has 7 heteroatoms. The molecule has 0 saturated carbocycles. The predicted octanol–water partition coefficient (Wildman–Crippen LogP) is 2.41. The lowest BCUT2D eigenvalue weighted by Crippen LogP contribution is -2.11. The van der Waals surface area contributed by atoms with Crippen molar-refractivity contribution in [3.63, 3.8) is 0 Å². The lowest BCUT2D eigenvalue weighted by molar-refractivity contribution is 0.178. The van der Waals surface area contributed by atoms with Crippen molar-refractivity contribution >= 4 is 33.3 Å². The summed E-state index contributed by atoms with van der Waals surface area (Å²) in [5.74, 6) is 7.11. The lowest BCUT2D eigenvalue weighted by Gasteiger charge is -2.09. The van der Waals surface area contributed by atoms with Gasteiger partial charge in [0.25, 0.3) is 0 Å². The van der Waals surface area contributed by atoms with E-state index in [4.69, 9.17) is 10.6 Å². The fraction of sp³-hybridized carbons (Fsp3) is 0.167. The van der Waals surface area contributed by atoms with Crippen LogP contribution in [0.3, 0.4) is 0 Å².